The number of aryl methyl sites for hydroxylation is 2. The van der Waals surface area contributed by atoms with Crippen molar-refractivity contribution in [3.05, 3.63) is 38.9 Å². The van der Waals surface area contributed by atoms with E-state index in [-0.39, 0.29) is 17.0 Å². The van der Waals surface area contributed by atoms with Crippen LogP contribution in [-0.2, 0) is 18.9 Å². The van der Waals surface area contributed by atoms with E-state index in [2.05, 4.69) is 15.5 Å². The zero-order valence-electron chi connectivity index (χ0n) is 13.6. The van der Waals surface area contributed by atoms with Gasteiger partial charge in [0.2, 0.25) is 11.8 Å². The van der Waals surface area contributed by atoms with Gasteiger partial charge in [-0.15, -0.1) is 0 Å². The number of rotatable bonds is 3. The highest BCUT2D eigenvalue weighted by molar-refractivity contribution is 5.93. The van der Waals surface area contributed by atoms with E-state index < -0.39 is 23.2 Å². The van der Waals surface area contributed by atoms with Gasteiger partial charge in [0.05, 0.1) is 12.0 Å². The molecule has 0 aliphatic heterocycles. The zero-order chi connectivity index (χ0) is 17.6. The molecule has 10 nitrogen and oxygen atoms in total. The molecule has 0 radical (unpaired) electrons. The Morgan fingerprint density at radius 1 is 1.29 bits per heavy atom. The number of nitrogens with zero attached hydrogens (tertiary/aromatic N) is 5. The Bertz CT molecular complexity index is 1050. The first-order valence-electron chi connectivity index (χ1n) is 7.18. The molecule has 0 fully saturated rings. The molecule has 0 aliphatic carbocycles. The lowest BCUT2D eigenvalue weighted by Gasteiger charge is -2.13. The summed E-state index contributed by atoms with van der Waals surface area (Å²) in [5.74, 6) is -0.185. The third kappa shape index (κ3) is 2.32. The summed E-state index contributed by atoms with van der Waals surface area (Å²) in [7, 11) is 2.90. The minimum atomic E-state index is -0.745. The largest absolute Gasteiger partial charge is 0.338 e. The van der Waals surface area contributed by atoms with Gasteiger partial charge in [0.15, 0.2) is 11.2 Å². The molecule has 126 valence electrons. The maximum Gasteiger partial charge on any atom is 0.332 e. The second-order valence-corrected chi connectivity index (χ2v) is 5.53. The third-order valence-electron chi connectivity index (χ3n) is 3.84. The number of fused-ring (bicyclic) bond motifs is 1. The molecule has 3 rings (SSSR count). The zero-order valence-corrected chi connectivity index (χ0v) is 13.6. The highest BCUT2D eigenvalue weighted by Crippen LogP contribution is 2.16. The molecule has 0 aromatic carbocycles. The first-order valence-corrected chi connectivity index (χ1v) is 7.18. The number of carbonyl (C=O) groups is 1. The van der Waals surface area contributed by atoms with Gasteiger partial charge < -0.3 is 9.09 Å². The average Bonchev–Trinajstić information content (AvgIpc) is 3.16. The van der Waals surface area contributed by atoms with Gasteiger partial charge in [0.1, 0.15) is 6.04 Å². The summed E-state index contributed by atoms with van der Waals surface area (Å²) >= 11 is 0. The molecular weight excluding hydrogens is 316 g/mol. The van der Waals surface area contributed by atoms with Crippen molar-refractivity contribution in [2.24, 2.45) is 14.1 Å². The number of hydrogen-bond acceptors (Lipinski definition) is 6. The van der Waals surface area contributed by atoms with Gasteiger partial charge in [-0.25, -0.2) is 9.78 Å². The monoisotopic (exact) mass is 332 g/mol. The van der Waals surface area contributed by atoms with Crippen LogP contribution in [0.1, 0.15) is 18.7 Å². The lowest BCUT2D eigenvalue weighted by atomic mass is 10.3. The van der Waals surface area contributed by atoms with Crippen molar-refractivity contribution in [1.82, 2.24) is 23.8 Å². The number of aromatic nitrogens is 5. The van der Waals surface area contributed by atoms with E-state index in [9.17, 15) is 14.4 Å². The number of amides is 1. The van der Waals surface area contributed by atoms with Gasteiger partial charge in [-0.1, -0.05) is 5.16 Å². The molecule has 3 aromatic heterocycles. The van der Waals surface area contributed by atoms with Gasteiger partial charge >= 0.3 is 5.69 Å². The van der Waals surface area contributed by atoms with Gasteiger partial charge in [0, 0.05) is 20.2 Å². The molecule has 24 heavy (non-hydrogen) atoms. The van der Waals surface area contributed by atoms with Crippen LogP contribution in [-0.4, -0.2) is 29.7 Å². The van der Waals surface area contributed by atoms with E-state index in [0.717, 1.165) is 4.57 Å². The lowest BCUT2D eigenvalue weighted by molar-refractivity contribution is -0.118. The van der Waals surface area contributed by atoms with Crippen molar-refractivity contribution in [1.29, 1.82) is 0 Å². The van der Waals surface area contributed by atoms with Gasteiger partial charge in [-0.05, 0) is 13.8 Å². The number of nitrogens with one attached hydrogen (secondary N) is 1. The van der Waals surface area contributed by atoms with Gasteiger partial charge in [-0.2, -0.15) is 0 Å². The number of carbonyl (C=O) groups excluding carboxylic acids is 1. The lowest BCUT2D eigenvalue weighted by Crippen LogP contribution is -2.38. The fraction of sp³-hybridized carbons (Fsp3) is 0.357. The second-order valence-electron chi connectivity index (χ2n) is 5.53. The van der Waals surface area contributed by atoms with Crippen LogP contribution in [0.15, 0.2) is 26.5 Å². The first-order chi connectivity index (χ1) is 11.3. The molecule has 1 unspecified atom stereocenters. The summed E-state index contributed by atoms with van der Waals surface area (Å²) in [5.41, 5.74) is 0.0388. The van der Waals surface area contributed by atoms with E-state index in [4.69, 9.17) is 4.52 Å². The molecule has 1 amide bonds. The Kier molecular flexibility index (Phi) is 3.59. The molecule has 10 heteroatoms. The molecule has 0 spiro atoms. The van der Waals surface area contributed by atoms with E-state index in [1.165, 1.54) is 29.6 Å². The van der Waals surface area contributed by atoms with Crippen LogP contribution >= 0.6 is 0 Å². The summed E-state index contributed by atoms with van der Waals surface area (Å²) in [6.45, 7) is 3.35. The summed E-state index contributed by atoms with van der Waals surface area (Å²) < 4.78 is 8.61. The predicted octanol–water partition coefficient (Wildman–Crippen LogP) is -0.0702. The Morgan fingerprint density at radius 3 is 2.62 bits per heavy atom. The van der Waals surface area contributed by atoms with Crippen LogP contribution in [0.25, 0.3) is 11.2 Å². The fourth-order valence-electron chi connectivity index (χ4n) is 2.43. The SMILES string of the molecule is Cc1cc(NC(=O)C(C)n2cnc3c2c(=O)n(C)c(=O)n3C)on1. The van der Waals surface area contributed by atoms with Crippen LogP contribution in [0.3, 0.4) is 0 Å². The quantitative estimate of drug-likeness (QED) is 0.717. The van der Waals surface area contributed by atoms with Crippen LogP contribution < -0.4 is 16.6 Å². The molecule has 3 aromatic rings. The molecule has 1 N–H and O–H groups in total. The standard InChI is InChI=1S/C14H16N6O4/c1-7-5-9(24-17-7)16-12(21)8(2)20-6-15-11-10(20)13(22)19(4)14(23)18(11)3/h5-6,8H,1-4H3,(H,16,21). The maximum absolute atomic E-state index is 12.4. The van der Waals surface area contributed by atoms with E-state index >= 15 is 0 Å². The molecule has 0 aliphatic rings. The van der Waals surface area contributed by atoms with Crippen LogP contribution in [0, 0.1) is 6.92 Å². The molecular formula is C14H16N6O4. The van der Waals surface area contributed by atoms with Gasteiger partial charge in [-0.3, -0.25) is 24.0 Å². The Hall–Kier alpha value is -3.17. The molecule has 1 atom stereocenters. The molecule has 0 saturated heterocycles. The predicted molar refractivity (Wildman–Crippen MR) is 84.8 cm³/mol. The second kappa shape index (κ2) is 5.48. The summed E-state index contributed by atoms with van der Waals surface area (Å²) in [6, 6.07) is 0.838. The topological polar surface area (TPSA) is 117 Å². The van der Waals surface area contributed by atoms with Crippen molar-refractivity contribution >= 4 is 23.0 Å². The minimum Gasteiger partial charge on any atom is -0.338 e. The third-order valence-corrected chi connectivity index (χ3v) is 3.84. The number of anilines is 1. The Balaban J connectivity index is 2.04. The average molecular weight is 332 g/mol. The normalized spacial score (nSPS) is 12.5. The van der Waals surface area contributed by atoms with Crippen molar-refractivity contribution in [2.45, 2.75) is 19.9 Å². The summed E-state index contributed by atoms with van der Waals surface area (Å²) in [4.78, 5) is 40.8. The van der Waals surface area contributed by atoms with Crippen molar-refractivity contribution in [3.63, 3.8) is 0 Å². The van der Waals surface area contributed by atoms with Crippen LogP contribution in [0.5, 0.6) is 0 Å². The first kappa shape index (κ1) is 15.7. The van der Waals surface area contributed by atoms with E-state index in [1.54, 1.807) is 19.9 Å². The minimum absolute atomic E-state index is 0.177. The highest BCUT2D eigenvalue weighted by atomic mass is 16.5. The fourth-order valence-corrected chi connectivity index (χ4v) is 2.43. The van der Waals surface area contributed by atoms with Crippen LogP contribution in [0.2, 0.25) is 0 Å². The van der Waals surface area contributed by atoms with Crippen molar-refractivity contribution in [2.75, 3.05) is 5.32 Å². The van der Waals surface area contributed by atoms with Crippen LogP contribution in [0.4, 0.5) is 5.88 Å². The maximum atomic E-state index is 12.4. The van der Waals surface area contributed by atoms with E-state index in [0.29, 0.717) is 5.69 Å². The smallest absolute Gasteiger partial charge is 0.332 e. The number of imidazole rings is 1. The van der Waals surface area contributed by atoms with Gasteiger partial charge in [0.25, 0.3) is 5.56 Å². The summed E-state index contributed by atoms with van der Waals surface area (Å²) in [6.07, 6.45) is 1.36. The number of hydrogen-bond donors (Lipinski definition) is 1. The van der Waals surface area contributed by atoms with Crippen molar-refractivity contribution in [3.8, 4) is 0 Å². The molecule has 0 bridgehead atoms. The molecule has 3 heterocycles. The molecule has 0 saturated carbocycles. The summed E-state index contributed by atoms with van der Waals surface area (Å²) in [5, 5.41) is 6.27. The highest BCUT2D eigenvalue weighted by Gasteiger charge is 2.22. The van der Waals surface area contributed by atoms with E-state index in [1.807, 2.05) is 0 Å². The Labute approximate surface area is 135 Å². The Morgan fingerprint density at radius 2 is 2.00 bits per heavy atom. The van der Waals surface area contributed by atoms with Crippen molar-refractivity contribution < 1.29 is 9.32 Å².